The second kappa shape index (κ2) is 7.10. The molecule has 0 aliphatic heterocycles. The van der Waals surface area contributed by atoms with Crippen molar-refractivity contribution in [3.63, 3.8) is 0 Å². The van der Waals surface area contributed by atoms with Crippen LogP contribution in [0.3, 0.4) is 0 Å². The summed E-state index contributed by atoms with van der Waals surface area (Å²) in [4.78, 5) is 21.0. The maximum atomic E-state index is 12.1. The molecule has 1 saturated carbocycles. The van der Waals surface area contributed by atoms with Gasteiger partial charge in [0, 0.05) is 30.2 Å². The molecule has 4 rings (SSSR count). The van der Waals surface area contributed by atoms with Crippen molar-refractivity contribution in [2.45, 2.75) is 37.8 Å². The summed E-state index contributed by atoms with van der Waals surface area (Å²) in [5, 5.41) is 7.61. The maximum absolute atomic E-state index is 12.1. The summed E-state index contributed by atoms with van der Waals surface area (Å²) in [5.74, 6) is -0.0175. The Morgan fingerprint density at radius 1 is 1.20 bits per heavy atom. The third kappa shape index (κ3) is 3.58. The van der Waals surface area contributed by atoms with E-state index in [1.165, 1.54) is 11.5 Å². The predicted molar refractivity (Wildman–Crippen MR) is 94.1 cm³/mol. The molecule has 3 heterocycles. The Hall–Kier alpha value is -2.61. The van der Waals surface area contributed by atoms with Crippen LogP contribution in [0.15, 0.2) is 43.2 Å². The highest BCUT2D eigenvalue weighted by molar-refractivity contribution is 7.08. The van der Waals surface area contributed by atoms with Gasteiger partial charge in [-0.1, -0.05) is 0 Å². The number of nitrogens with zero attached hydrogens (tertiary/aromatic N) is 5. The monoisotopic (exact) mass is 354 g/mol. The molecule has 0 spiro atoms. The highest BCUT2D eigenvalue weighted by atomic mass is 32.1. The number of carbonyl (C=O) groups excluding carboxylic acids is 1. The number of amides is 1. The fraction of sp³-hybridized carbons (Fsp3) is 0.353. The summed E-state index contributed by atoms with van der Waals surface area (Å²) in [7, 11) is 0. The van der Waals surface area contributed by atoms with Crippen LogP contribution in [0.25, 0.3) is 11.3 Å². The van der Waals surface area contributed by atoms with Crippen molar-refractivity contribution in [1.29, 1.82) is 0 Å². The smallest absolute Gasteiger partial charge is 0.263 e. The summed E-state index contributed by atoms with van der Waals surface area (Å²) in [6, 6.07) is 4.23. The van der Waals surface area contributed by atoms with E-state index in [-0.39, 0.29) is 11.9 Å². The normalized spacial score (nSPS) is 20.3. The van der Waals surface area contributed by atoms with Gasteiger partial charge in [-0.3, -0.25) is 9.48 Å². The minimum atomic E-state index is -0.0175. The first-order valence-corrected chi connectivity index (χ1v) is 9.09. The minimum Gasteiger partial charge on any atom is -0.349 e. The first-order valence-electron chi connectivity index (χ1n) is 8.31. The molecule has 1 aliphatic carbocycles. The van der Waals surface area contributed by atoms with Crippen molar-refractivity contribution in [2.24, 2.45) is 0 Å². The standard InChI is InChI=1S/C17H18N6OS/c24-17(16-6-8-21-25-16)22-13-1-3-14(4-2-13)23-10-12(9-20-23)15-5-7-18-11-19-15/h5-11,13-14H,1-4H2,(H,22,24). The van der Waals surface area contributed by atoms with Crippen LogP contribution >= 0.6 is 11.5 Å². The van der Waals surface area contributed by atoms with Crippen LogP contribution < -0.4 is 5.32 Å². The van der Waals surface area contributed by atoms with Crippen molar-refractivity contribution in [2.75, 3.05) is 0 Å². The highest BCUT2D eigenvalue weighted by Gasteiger charge is 2.24. The van der Waals surface area contributed by atoms with Crippen LogP contribution in [0.5, 0.6) is 0 Å². The van der Waals surface area contributed by atoms with E-state index in [2.05, 4.69) is 24.8 Å². The van der Waals surface area contributed by atoms with Gasteiger partial charge in [0.05, 0.1) is 17.9 Å². The second-order valence-corrected chi connectivity index (χ2v) is 6.99. The van der Waals surface area contributed by atoms with Crippen LogP contribution in [0.4, 0.5) is 0 Å². The van der Waals surface area contributed by atoms with Gasteiger partial charge in [0.25, 0.3) is 5.91 Å². The number of rotatable bonds is 4. The van der Waals surface area contributed by atoms with E-state index in [0.717, 1.165) is 36.9 Å². The number of aromatic nitrogens is 5. The average Bonchev–Trinajstić information content (AvgIpc) is 3.35. The predicted octanol–water partition coefficient (Wildman–Crippen LogP) is 2.71. The minimum absolute atomic E-state index is 0.0175. The van der Waals surface area contributed by atoms with Gasteiger partial charge in [-0.05, 0) is 49.3 Å². The summed E-state index contributed by atoms with van der Waals surface area (Å²) >= 11 is 1.23. The van der Waals surface area contributed by atoms with Crippen molar-refractivity contribution in [3.05, 3.63) is 48.1 Å². The van der Waals surface area contributed by atoms with E-state index in [1.54, 1.807) is 24.8 Å². The topological polar surface area (TPSA) is 85.6 Å². The van der Waals surface area contributed by atoms with Crippen molar-refractivity contribution in [1.82, 2.24) is 29.4 Å². The van der Waals surface area contributed by atoms with Gasteiger partial charge in [0.2, 0.25) is 0 Å². The number of carbonyl (C=O) groups is 1. The molecular weight excluding hydrogens is 336 g/mol. The van der Waals surface area contributed by atoms with Crippen LogP contribution in [0.2, 0.25) is 0 Å². The van der Waals surface area contributed by atoms with E-state index >= 15 is 0 Å². The summed E-state index contributed by atoms with van der Waals surface area (Å²) in [6.45, 7) is 0. The fourth-order valence-electron chi connectivity index (χ4n) is 3.21. The quantitative estimate of drug-likeness (QED) is 0.778. The van der Waals surface area contributed by atoms with Gasteiger partial charge in [-0.2, -0.15) is 5.10 Å². The van der Waals surface area contributed by atoms with Crippen molar-refractivity contribution >= 4 is 17.4 Å². The largest absolute Gasteiger partial charge is 0.349 e. The zero-order valence-corrected chi connectivity index (χ0v) is 14.4. The van der Waals surface area contributed by atoms with E-state index in [9.17, 15) is 4.79 Å². The lowest BCUT2D eigenvalue weighted by molar-refractivity contribution is 0.0926. The molecule has 1 fully saturated rings. The Balaban J connectivity index is 1.34. The fourth-order valence-corrected chi connectivity index (χ4v) is 3.70. The van der Waals surface area contributed by atoms with E-state index in [4.69, 9.17) is 0 Å². The van der Waals surface area contributed by atoms with Crippen LogP contribution in [0, 0.1) is 0 Å². The molecule has 3 aromatic rings. The Morgan fingerprint density at radius 2 is 2.08 bits per heavy atom. The molecule has 1 N–H and O–H groups in total. The number of nitrogens with one attached hydrogen (secondary N) is 1. The number of hydrogen-bond acceptors (Lipinski definition) is 6. The molecule has 25 heavy (non-hydrogen) atoms. The first kappa shape index (κ1) is 15.9. The van der Waals surface area contributed by atoms with Gasteiger partial charge in [0.15, 0.2) is 0 Å². The van der Waals surface area contributed by atoms with Crippen LogP contribution in [-0.4, -0.2) is 36.1 Å². The average molecular weight is 354 g/mol. The Bertz CT molecular complexity index is 824. The van der Waals surface area contributed by atoms with Gasteiger partial charge in [-0.25, -0.2) is 14.3 Å². The summed E-state index contributed by atoms with van der Waals surface area (Å²) in [5.41, 5.74) is 1.88. The van der Waals surface area contributed by atoms with E-state index in [1.807, 2.05) is 23.1 Å². The van der Waals surface area contributed by atoms with Gasteiger partial charge in [0.1, 0.15) is 11.2 Å². The molecule has 0 aromatic carbocycles. The Morgan fingerprint density at radius 3 is 2.80 bits per heavy atom. The molecule has 7 nitrogen and oxygen atoms in total. The molecule has 8 heteroatoms. The molecule has 0 radical (unpaired) electrons. The molecule has 0 atom stereocenters. The lowest BCUT2D eigenvalue weighted by Gasteiger charge is -2.29. The molecular formula is C17H18N6OS. The zero-order valence-electron chi connectivity index (χ0n) is 13.6. The molecule has 0 bridgehead atoms. The van der Waals surface area contributed by atoms with Crippen LogP contribution in [0.1, 0.15) is 41.4 Å². The molecule has 0 saturated heterocycles. The first-order chi connectivity index (χ1) is 12.3. The lowest BCUT2D eigenvalue weighted by atomic mass is 9.91. The SMILES string of the molecule is O=C(NC1CCC(n2cc(-c3ccncn3)cn2)CC1)c1ccns1. The van der Waals surface area contributed by atoms with Gasteiger partial charge in [-0.15, -0.1) is 0 Å². The molecule has 0 unspecified atom stereocenters. The zero-order chi connectivity index (χ0) is 17.1. The van der Waals surface area contributed by atoms with Gasteiger partial charge >= 0.3 is 0 Å². The van der Waals surface area contributed by atoms with E-state index in [0.29, 0.717) is 10.9 Å². The molecule has 1 amide bonds. The van der Waals surface area contributed by atoms with Crippen LogP contribution in [-0.2, 0) is 0 Å². The van der Waals surface area contributed by atoms with Crippen molar-refractivity contribution < 1.29 is 4.79 Å². The summed E-state index contributed by atoms with van der Waals surface area (Å²) in [6.07, 6.45) is 12.7. The second-order valence-electron chi connectivity index (χ2n) is 6.16. The third-order valence-electron chi connectivity index (χ3n) is 4.55. The maximum Gasteiger partial charge on any atom is 0.263 e. The summed E-state index contributed by atoms with van der Waals surface area (Å²) < 4.78 is 6.00. The third-order valence-corrected chi connectivity index (χ3v) is 5.29. The molecule has 3 aromatic heterocycles. The highest BCUT2D eigenvalue weighted by Crippen LogP contribution is 2.29. The lowest BCUT2D eigenvalue weighted by Crippen LogP contribution is -2.37. The van der Waals surface area contributed by atoms with Crippen molar-refractivity contribution in [3.8, 4) is 11.3 Å². The van der Waals surface area contributed by atoms with Gasteiger partial charge < -0.3 is 5.32 Å². The number of hydrogen-bond donors (Lipinski definition) is 1. The van der Waals surface area contributed by atoms with E-state index < -0.39 is 0 Å². The Labute approximate surface area is 149 Å². The molecule has 1 aliphatic rings. The molecule has 128 valence electrons. The Kier molecular flexibility index (Phi) is 4.51.